The van der Waals surface area contributed by atoms with Gasteiger partial charge in [0.15, 0.2) is 17.3 Å². The summed E-state index contributed by atoms with van der Waals surface area (Å²) >= 11 is 0. The minimum Gasteiger partial charge on any atom is -0.485 e. The van der Waals surface area contributed by atoms with Crippen molar-refractivity contribution >= 4 is 22.5 Å². The van der Waals surface area contributed by atoms with Crippen LogP contribution >= 0.6 is 0 Å². The first-order chi connectivity index (χ1) is 17.3. The van der Waals surface area contributed by atoms with Crippen LogP contribution in [0.25, 0.3) is 10.8 Å². The fourth-order valence-electron chi connectivity index (χ4n) is 4.42. The van der Waals surface area contributed by atoms with Crippen LogP contribution in [0.2, 0.25) is 0 Å². The minimum atomic E-state index is -2.92. The first kappa shape index (κ1) is 24.1. The quantitative estimate of drug-likeness (QED) is 0.560. The Balaban J connectivity index is 1.45. The molecule has 0 aliphatic carbocycles. The van der Waals surface area contributed by atoms with E-state index in [0.717, 1.165) is 11.5 Å². The van der Waals surface area contributed by atoms with Gasteiger partial charge in [0.1, 0.15) is 12.4 Å². The van der Waals surface area contributed by atoms with E-state index in [4.69, 9.17) is 14.2 Å². The number of anilines is 1. The highest BCUT2D eigenvalue weighted by molar-refractivity contribution is 5.96. The number of aromatic nitrogens is 2. The summed E-state index contributed by atoms with van der Waals surface area (Å²) in [4.78, 5) is 14.6. The number of carbonyl (C=O) groups is 1. The molecule has 1 saturated heterocycles. The Hall–Kier alpha value is -3.60. The van der Waals surface area contributed by atoms with E-state index in [-0.39, 0.29) is 18.1 Å². The van der Waals surface area contributed by atoms with Crippen molar-refractivity contribution in [3.05, 3.63) is 53.0 Å². The second-order valence-corrected chi connectivity index (χ2v) is 8.75. The molecule has 2 aliphatic rings. The van der Waals surface area contributed by atoms with Gasteiger partial charge >= 0.3 is 0 Å². The van der Waals surface area contributed by atoms with E-state index >= 15 is 0 Å². The molecule has 11 heteroatoms. The maximum absolute atomic E-state index is 14.7. The Labute approximate surface area is 205 Å². The molecular weight excluding hydrogens is 477 g/mol. The van der Waals surface area contributed by atoms with Gasteiger partial charge in [0.2, 0.25) is 6.10 Å². The summed E-state index contributed by atoms with van der Waals surface area (Å²) in [5.41, 5.74) is 0.0561. The number of aryl methyl sites for hydroxylation is 1. The van der Waals surface area contributed by atoms with Gasteiger partial charge in [-0.3, -0.25) is 4.79 Å². The molecule has 0 spiro atoms. The van der Waals surface area contributed by atoms with Crippen molar-refractivity contribution < 1.29 is 32.2 Å². The molecule has 2 aromatic carbocycles. The molecule has 190 valence electrons. The lowest BCUT2D eigenvalue weighted by Gasteiger charge is -2.32. The van der Waals surface area contributed by atoms with Gasteiger partial charge in [-0.25, -0.2) is 13.2 Å². The van der Waals surface area contributed by atoms with E-state index in [0.29, 0.717) is 54.7 Å². The van der Waals surface area contributed by atoms with Crippen LogP contribution in [0.15, 0.2) is 30.3 Å². The second-order valence-electron chi connectivity index (χ2n) is 8.75. The topological polar surface area (TPSA) is 85.8 Å². The van der Waals surface area contributed by atoms with E-state index in [2.05, 4.69) is 15.5 Å². The van der Waals surface area contributed by atoms with Crippen LogP contribution < -0.4 is 14.8 Å². The normalized spacial score (nSPS) is 18.4. The maximum atomic E-state index is 14.7. The molecule has 1 N–H and O–H groups in total. The summed E-state index contributed by atoms with van der Waals surface area (Å²) in [6, 6.07) is 6.68. The molecule has 2 atom stereocenters. The fourth-order valence-corrected chi connectivity index (χ4v) is 4.42. The van der Waals surface area contributed by atoms with Gasteiger partial charge in [0.05, 0.1) is 30.5 Å². The van der Waals surface area contributed by atoms with Gasteiger partial charge in [0, 0.05) is 29.4 Å². The Morgan fingerprint density at radius 2 is 1.83 bits per heavy atom. The van der Waals surface area contributed by atoms with Crippen molar-refractivity contribution in [1.29, 1.82) is 0 Å². The van der Waals surface area contributed by atoms with Crippen LogP contribution in [0.3, 0.4) is 0 Å². The number of alkyl halides is 2. The molecule has 1 unspecified atom stereocenters. The monoisotopic (exact) mass is 502 g/mol. The van der Waals surface area contributed by atoms with E-state index in [1.165, 1.54) is 12.1 Å². The van der Waals surface area contributed by atoms with Gasteiger partial charge in [-0.1, -0.05) is 18.2 Å². The minimum absolute atomic E-state index is 0.0775. The molecule has 0 bridgehead atoms. The number of nitrogens with one attached hydrogen (secondary N) is 1. The number of nitrogens with zero attached hydrogens (tertiary/aromatic N) is 3. The Morgan fingerprint density at radius 3 is 2.58 bits per heavy atom. The molecule has 0 saturated carbocycles. The van der Waals surface area contributed by atoms with Crippen LogP contribution in [0.4, 0.5) is 19.0 Å². The van der Waals surface area contributed by atoms with Crippen molar-refractivity contribution in [2.24, 2.45) is 0 Å². The number of fused-ring (bicyclic) bond motifs is 2. The van der Waals surface area contributed by atoms with Crippen LogP contribution in [0.5, 0.6) is 11.5 Å². The third kappa shape index (κ3) is 4.50. The highest BCUT2D eigenvalue weighted by Crippen LogP contribution is 2.39. The molecule has 0 radical (unpaired) electrons. The average molecular weight is 502 g/mol. The zero-order valence-corrected chi connectivity index (χ0v) is 19.8. The summed E-state index contributed by atoms with van der Waals surface area (Å²) in [5, 5.41) is 12.8. The van der Waals surface area contributed by atoms with Crippen LogP contribution in [0, 0.1) is 12.7 Å². The molecular formula is C25H25F3N4O4. The Morgan fingerprint density at radius 1 is 1.11 bits per heavy atom. The molecule has 36 heavy (non-hydrogen) atoms. The number of halogens is 3. The zero-order valence-electron chi connectivity index (χ0n) is 19.8. The molecule has 3 heterocycles. The Kier molecular flexibility index (Phi) is 6.57. The standard InChI is InChI=1S/C25H25F3N4O4/c1-13(15-4-3-5-16(22(15)26)23(27)28)29-24-18-11-20-19(10-17(18)14(2)30-31-24)35-12-21(36-20)25(33)32-6-8-34-9-7-32/h3-5,10-11,13,21,23H,6-9,12H2,1-2H3,(H,29,31)/t13-,21?/m1/s1. The van der Waals surface area contributed by atoms with Gasteiger partial charge in [-0.2, -0.15) is 5.10 Å². The lowest BCUT2D eigenvalue weighted by atomic mass is 10.0. The molecule has 5 rings (SSSR count). The molecule has 8 nitrogen and oxygen atoms in total. The van der Waals surface area contributed by atoms with Crippen molar-refractivity contribution in [3.8, 4) is 11.5 Å². The number of hydrogen-bond donors (Lipinski definition) is 1. The second kappa shape index (κ2) is 9.81. The highest BCUT2D eigenvalue weighted by atomic mass is 19.3. The average Bonchev–Trinajstić information content (AvgIpc) is 2.89. The van der Waals surface area contributed by atoms with Gasteiger partial charge < -0.3 is 24.4 Å². The van der Waals surface area contributed by atoms with Gasteiger partial charge in [0.25, 0.3) is 12.3 Å². The molecule has 1 fully saturated rings. The number of ether oxygens (including phenoxy) is 3. The predicted octanol–water partition coefficient (Wildman–Crippen LogP) is 4.19. The number of hydrogen-bond acceptors (Lipinski definition) is 7. The third-order valence-corrected chi connectivity index (χ3v) is 6.40. The van der Waals surface area contributed by atoms with Crippen LogP contribution in [-0.2, 0) is 9.53 Å². The SMILES string of the molecule is Cc1nnc(N[C@H](C)c2cccc(C(F)F)c2F)c2cc3c(cc12)OCC(C(=O)N1CCOCC1)O3. The summed E-state index contributed by atoms with van der Waals surface area (Å²) in [7, 11) is 0. The van der Waals surface area contributed by atoms with Crippen molar-refractivity contribution in [2.75, 3.05) is 38.2 Å². The first-order valence-corrected chi connectivity index (χ1v) is 11.6. The summed E-state index contributed by atoms with van der Waals surface area (Å²) < 4.78 is 58.3. The zero-order chi connectivity index (χ0) is 25.4. The smallest absolute Gasteiger partial charge is 0.267 e. The number of rotatable bonds is 5. The van der Waals surface area contributed by atoms with Crippen molar-refractivity contribution in [1.82, 2.24) is 15.1 Å². The number of amides is 1. The molecule has 2 aliphatic heterocycles. The largest absolute Gasteiger partial charge is 0.485 e. The number of morpholine rings is 1. The summed E-state index contributed by atoms with van der Waals surface area (Å²) in [5.74, 6) is 0.0246. The predicted molar refractivity (Wildman–Crippen MR) is 125 cm³/mol. The van der Waals surface area contributed by atoms with E-state index in [1.807, 2.05) is 0 Å². The van der Waals surface area contributed by atoms with Crippen LogP contribution in [0.1, 0.15) is 36.2 Å². The molecule has 1 aromatic heterocycles. The highest BCUT2D eigenvalue weighted by Gasteiger charge is 2.32. The maximum Gasteiger partial charge on any atom is 0.267 e. The van der Waals surface area contributed by atoms with E-state index in [1.54, 1.807) is 30.9 Å². The molecule has 3 aromatic rings. The van der Waals surface area contributed by atoms with Gasteiger partial charge in [-0.15, -0.1) is 5.10 Å². The molecule has 1 amide bonds. The lowest BCUT2D eigenvalue weighted by molar-refractivity contribution is -0.145. The Bertz CT molecular complexity index is 1300. The number of carbonyl (C=O) groups excluding carboxylic acids is 1. The third-order valence-electron chi connectivity index (χ3n) is 6.40. The first-order valence-electron chi connectivity index (χ1n) is 11.6. The van der Waals surface area contributed by atoms with E-state index in [9.17, 15) is 18.0 Å². The van der Waals surface area contributed by atoms with Gasteiger partial charge in [-0.05, 0) is 26.0 Å². The lowest BCUT2D eigenvalue weighted by Crippen LogP contribution is -2.50. The van der Waals surface area contributed by atoms with Crippen LogP contribution in [-0.4, -0.2) is 60.0 Å². The summed E-state index contributed by atoms with van der Waals surface area (Å²) in [6.07, 6.45) is -3.72. The fraction of sp³-hybridized carbons (Fsp3) is 0.400. The summed E-state index contributed by atoms with van der Waals surface area (Å²) in [6.45, 7) is 5.46. The van der Waals surface area contributed by atoms with Crippen molar-refractivity contribution in [2.45, 2.75) is 32.4 Å². The van der Waals surface area contributed by atoms with Crippen molar-refractivity contribution in [3.63, 3.8) is 0 Å². The van der Waals surface area contributed by atoms with E-state index < -0.39 is 30.0 Å². The number of benzene rings is 2.